The Balaban J connectivity index is 1.50. The van der Waals surface area contributed by atoms with E-state index < -0.39 is 0 Å². The Morgan fingerprint density at radius 1 is 0.486 bits per heavy atom. The van der Waals surface area contributed by atoms with Crippen molar-refractivity contribution in [3.8, 4) is 46.0 Å². The van der Waals surface area contributed by atoms with Gasteiger partial charge in [0.2, 0.25) is 5.75 Å². The number of hydrogen-bond acceptors (Lipinski definition) is 7. The fraction of sp³-hybridized carbons (Fsp3) is 0.143. The number of aryl methyl sites for hydroxylation is 4. The summed E-state index contributed by atoms with van der Waals surface area (Å²) in [5, 5.41) is 60.7. The minimum atomic E-state index is -0.352. The number of phenols is 6. The van der Waals surface area contributed by atoms with E-state index in [1.807, 2.05) is 12.1 Å². The smallest absolute Gasteiger partial charge is 0.210 e. The highest BCUT2D eigenvalue weighted by molar-refractivity contribution is 5.57. The van der Waals surface area contributed by atoms with Crippen molar-refractivity contribution in [1.82, 2.24) is 0 Å². The number of rotatable bonds is 8. The van der Waals surface area contributed by atoms with E-state index in [1.165, 1.54) is 18.2 Å². The second-order valence-corrected chi connectivity index (χ2v) is 8.35. The molecule has 4 aromatic rings. The molecule has 0 aliphatic rings. The molecule has 6 N–H and O–H groups in total. The summed E-state index contributed by atoms with van der Waals surface area (Å²) in [5.74, 6) is -1.00. The summed E-state index contributed by atoms with van der Waals surface area (Å²) >= 11 is 0. The monoisotopic (exact) mass is 474 g/mol. The van der Waals surface area contributed by atoms with Crippen molar-refractivity contribution < 1.29 is 35.4 Å². The van der Waals surface area contributed by atoms with Crippen LogP contribution in [0.2, 0.25) is 0 Å². The molecule has 0 bridgehead atoms. The number of aromatic hydroxyl groups is 6. The van der Waals surface area contributed by atoms with Gasteiger partial charge in [-0.05, 0) is 90.4 Å². The zero-order valence-electron chi connectivity index (χ0n) is 18.8. The van der Waals surface area contributed by atoms with Crippen LogP contribution < -0.4 is 4.74 Å². The maximum atomic E-state index is 10.5. The maximum Gasteiger partial charge on any atom is 0.210 e. The summed E-state index contributed by atoms with van der Waals surface area (Å²) in [7, 11) is 0. The average Bonchev–Trinajstić information content (AvgIpc) is 2.80. The fourth-order valence-electron chi connectivity index (χ4n) is 3.89. The van der Waals surface area contributed by atoms with Crippen LogP contribution >= 0.6 is 0 Å². The minimum Gasteiger partial charge on any atom is -0.508 e. The lowest BCUT2D eigenvalue weighted by molar-refractivity contribution is 0.357. The predicted octanol–water partition coefficient (Wildman–Crippen LogP) is 5.28. The molecule has 0 aliphatic carbocycles. The standard InChI is InChI=1S/C28H26O7/c29-21-5-1-3-17(11-21)7-8-19-13-25(33)28(26(34)14-19)35-27-15-20(23(31)16-24(27)32)10-9-18-4-2-6-22(30)12-18/h1-6,11-16,29-34H,7-10H2. The van der Waals surface area contributed by atoms with E-state index >= 15 is 0 Å². The van der Waals surface area contributed by atoms with Crippen molar-refractivity contribution in [2.45, 2.75) is 25.7 Å². The molecule has 0 unspecified atom stereocenters. The van der Waals surface area contributed by atoms with Crippen molar-refractivity contribution in [2.24, 2.45) is 0 Å². The van der Waals surface area contributed by atoms with Gasteiger partial charge in [-0.15, -0.1) is 0 Å². The van der Waals surface area contributed by atoms with Crippen molar-refractivity contribution >= 4 is 0 Å². The fourth-order valence-corrected chi connectivity index (χ4v) is 3.89. The SMILES string of the molecule is Oc1cccc(CCc2cc(O)c(Oc3cc(CCc4cccc(O)c4)c(O)cc3O)c(O)c2)c1. The molecule has 35 heavy (non-hydrogen) atoms. The third-order valence-corrected chi connectivity index (χ3v) is 5.69. The zero-order valence-corrected chi connectivity index (χ0v) is 18.8. The van der Waals surface area contributed by atoms with Crippen LogP contribution in [0.4, 0.5) is 0 Å². The first-order valence-corrected chi connectivity index (χ1v) is 11.1. The predicted molar refractivity (Wildman–Crippen MR) is 131 cm³/mol. The first kappa shape index (κ1) is 23.6. The number of phenolic OH excluding ortho intramolecular Hbond substituents is 6. The largest absolute Gasteiger partial charge is 0.508 e. The molecule has 0 amide bonds. The van der Waals surface area contributed by atoms with Crippen LogP contribution in [0.3, 0.4) is 0 Å². The summed E-state index contributed by atoms with van der Waals surface area (Å²) in [6.07, 6.45) is 2.03. The molecule has 0 aromatic heterocycles. The van der Waals surface area contributed by atoms with Gasteiger partial charge in [-0.3, -0.25) is 0 Å². The Bertz CT molecular complexity index is 1320. The van der Waals surface area contributed by atoms with Gasteiger partial charge in [-0.25, -0.2) is 0 Å². The molecule has 0 aliphatic heterocycles. The van der Waals surface area contributed by atoms with Crippen LogP contribution in [0.5, 0.6) is 46.0 Å². The van der Waals surface area contributed by atoms with Gasteiger partial charge in [-0.2, -0.15) is 0 Å². The van der Waals surface area contributed by atoms with Gasteiger partial charge in [0.15, 0.2) is 23.0 Å². The van der Waals surface area contributed by atoms with E-state index in [2.05, 4.69) is 0 Å². The van der Waals surface area contributed by atoms with Gasteiger partial charge in [-0.1, -0.05) is 24.3 Å². The molecule has 0 fully saturated rings. The van der Waals surface area contributed by atoms with Gasteiger partial charge in [0.1, 0.15) is 17.2 Å². The van der Waals surface area contributed by atoms with Crippen molar-refractivity contribution in [1.29, 1.82) is 0 Å². The number of ether oxygens (including phenoxy) is 1. The highest BCUT2D eigenvalue weighted by Crippen LogP contribution is 2.44. The van der Waals surface area contributed by atoms with Gasteiger partial charge >= 0.3 is 0 Å². The lowest BCUT2D eigenvalue weighted by Crippen LogP contribution is -1.95. The third kappa shape index (κ3) is 5.89. The van der Waals surface area contributed by atoms with Gasteiger partial charge in [0.25, 0.3) is 0 Å². The van der Waals surface area contributed by atoms with E-state index in [4.69, 9.17) is 4.74 Å². The molecule has 4 rings (SSSR count). The molecule has 0 radical (unpaired) electrons. The van der Waals surface area contributed by atoms with E-state index in [0.717, 1.165) is 17.2 Å². The Morgan fingerprint density at radius 3 is 1.60 bits per heavy atom. The quantitative estimate of drug-likeness (QED) is 0.205. The van der Waals surface area contributed by atoms with Crippen LogP contribution in [0.25, 0.3) is 0 Å². The van der Waals surface area contributed by atoms with Crippen LogP contribution in [0.1, 0.15) is 22.3 Å². The molecule has 0 spiro atoms. The second kappa shape index (κ2) is 10.2. The van der Waals surface area contributed by atoms with Crippen LogP contribution in [0.15, 0.2) is 72.8 Å². The molecule has 0 saturated carbocycles. The summed E-state index contributed by atoms with van der Waals surface area (Å²) in [6.45, 7) is 0. The molecule has 4 aromatic carbocycles. The topological polar surface area (TPSA) is 131 Å². The Morgan fingerprint density at radius 2 is 1.03 bits per heavy atom. The molecule has 0 heterocycles. The Kier molecular flexibility index (Phi) is 6.87. The van der Waals surface area contributed by atoms with E-state index in [1.54, 1.807) is 36.4 Å². The minimum absolute atomic E-state index is 0.0354. The first-order valence-electron chi connectivity index (χ1n) is 11.1. The van der Waals surface area contributed by atoms with Crippen molar-refractivity contribution in [2.75, 3.05) is 0 Å². The van der Waals surface area contributed by atoms with E-state index in [0.29, 0.717) is 36.8 Å². The molecular formula is C28H26O7. The number of benzene rings is 4. The molecular weight excluding hydrogens is 448 g/mol. The van der Waals surface area contributed by atoms with Gasteiger partial charge in [0.05, 0.1) is 0 Å². The van der Waals surface area contributed by atoms with Crippen molar-refractivity contribution in [3.63, 3.8) is 0 Å². The van der Waals surface area contributed by atoms with Crippen LogP contribution in [0, 0.1) is 0 Å². The summed E-state index contributed by atoms with van der Waals surface area (Å²) in [6, 6.07) is 19.2. The molecule has 7 nitrogen and oxygen atoms in total. The van der Waals surface area contributed by atoms with E-state index in [-0.39, 0.29) is 46.0 Å². The van der Waals surface area contributed by atoms with Gasteiger partial charge in [0, 0.05) is 6.07 Å². The first-order chi connectivity index (χ1) is 16.8. The molecule has 7 heteroatoms. The Labute approximate surface area is 202 Å². The lowest BCUT2D eigenvalue weighted by Gasteiger charge is -2.14. The maximum absolute atomic E-state index is 10.5. The highest BCUT2D eigenvalue weighted by atomic mass is 16.5. The van der Waals surface area contributed by atoms with Gasteiger partial charge < -0.3 is 35.4 Å². The van der Waals surface area contributed by atoms with E-state index in [9.17, 15) is 30.6 Å². The second-order valence-electron chi connectivity index (χ2n) is 8.35. The lowest BCUT2D eigenvalue weighted by atomic mass is 10.0. The highest BCUT2D eigenvalue weighted by Gasteiger charge is 2.17. The molecule has 180 valence electrons. The number of hydrogen-bond donors (Lipinski definition) is 6. The zero-order chi connectivity index (χ0) is 24.9. The van der Waals surface area contributed by atoms with Crippen LogP contribution in [-0.4, -0.2) is 30.6 Å². The van der Waals surface area contributed by atoms with Crippen LogP contribution in [-0.2, 0) is 25.7 Å². The molecule has 0 saturated heterocycles. The summed E-state index contributed by atoms with van der Waals surface area (Å²) < 4.78 is 5.64. The molecule has 0 atom stereocenters. The summed E-state index contributed by atoms with van der Waals surface area (Å²) in [5.41, 5.74) is 2.94. The van der Waals surface area contributed by atoms with Crippen molar-refractivity contribution in [3.05, 3.63) is 95.1 Å². The Hall–Kier alpha value is -4.52. The average molecular weight is 475 g/mol. The normalized spacial score (nSPS) is 10.9. The third-order valence-electron chi connectivity index (χ3n) is 5.69. The summed E-state index contributed by atoms with van der Waals surface area (Å²) in [4.78, 5) is 0.